The number of benzene rings is 2. The molecular formula is C25H25N3O4. The predicted molar refractivity (Wildman–Crippen MR) is 118 cm³/mol. The Hall–Kier alpha value is -3.19. The molecule has 0 bridgehead atoms. The summed E-state index contributed by atoms with van der Waals surface area (Å²) in [5, 5.41) is 3.00. The Kier molecular flexibility index (Phi) is 3.91. The molecule has 0 radical (unpaired) electrons. The maximum absolute atomic E-state index is 14.0. The number of hydrogen-bond acceptors (Lipinski definition) is 5. The lowest BCUT2D eigenvalue weighted by atomic mass is 9.75. The van der Waals surface area contributed by atoms with Crippen LogP contribution in [0.3, 0.4) is 0 Å². The number of carbonyl (C=O) groups excluding carboxylic acids is 3. The first-order valence-electron chi connectivity index (χ1n) is 11.1. The van der Waals surface area contributed by atoms with Gasteiger partial charge in [0.05, 0.1) is 24.6 Å². The van der Waals surface area contributed by atoms with Crippen molar-refractivity contribution in [3.8, 4) is 5.75 Å². The maximum Gasteiger partial charge on any atom is 0.250 e. The van der Waals surface area contributed by atoms with Crippen molar-refractivity contribution in [2.24, 2.45) is 11.8 Å². The van der Waals surface area contributed by atoms with E-state index in [1.165, 1.54) is 4.90 Å². The first kappa shape index (κ1) is 19.5. The number of hydrogen-bond donors (Lipinski definition) is 1. The summed E-state index contributed by atoms with van der Waals surface area (Å²) in [6, 6.07) is 11.0. The lowest BCUT2D eigenvalue weighted by Crippen LogP contribution is -2.54. The summed E-state index contributed by atoms with van der Waals surface area (Å²) in [4.78, 5) is 44.8. The molecule has 6 rings (SSSR count). The Balaban J connectivity index is 1.55. The number of imide groups is 1. The van der Waals surface area contributed by atoms with Crippen LogP contribution in [0.25, 0.3) is 0 Å². The molecule has 4 unspecified atom stereocenters. The molecule has 4 heterocycles. The van der Waals surface area contributed by atoms with E-state index in [1.54, 1.807) is 13.2 Å². The average Bonchev–Trinajstić information content (AvgIpc) is 3.48. The summed E-state index contributed by atoms with van der Waals surface area (Å²) in [5.41, 5.74) is 2.95. The molecule has 7 nitrogen and oxygen atoms in total. The first-order chi connectivity index (χ1) is 15.4. The van der Waals surface area contributed by atoms with Gasteiger partial charge in [0.15, 0.2) is 0 Å². The van der Waals surface area contributed by atoms with Crippen LogP contribution in [-0.2, 0) is 19.9 Å². The Morgan fingerprint density at radius 1 is 1.03 bits per heavy atom. The normalized spacial score (nSPS) is 30.7. The standard InChI is InChI=1S/C25H25N3O4/c1-13-6-7-15(11-14(13)2)28-22(29)20-19-5-4-10-27(19)25(21(20)23(28)30)17-12-16(32-3)8-9-18(17)26-24(25)31/h6-9,11-12,19-21H,4-5,10H2,1-3H3,(H,26,31). The van der Waals surface area contributed by atoms with E-state index in [1.807, 2.05) is 44.2 Å². The summed E-state index contributed by atoms with van der Waals surface area (Å²) in [7, 11) is 1.58. The molecule has 32 heavy (non-hydrogen) atoms. The fraction of sp³-hybridized carbons (Fsp3) is 0.400. The molecule has 2 aromatic carbocycles. The van der Waals surface area contributed by atoms with Gasteiger partial charge in [-0.15, -0.1) is 0 Å². The van der Waals surface area contributed by atoms with Crippen LogP contribution in [0.5, 0.6) is 5.75 Å². The number of amides is 3. The molecule has 3 amide bonds. The van der Waals surface area contributed by atoms with Crippen molar-refractivity contribution < 1.29 is 19.1 Å². The highest BCUT2D eigenvalue weighted by Gasteiger charge is 2.74. The van der Waals surface area contributed by atoms with E-state index in [0.717, 1.165) is 29.5 Å². The Bertz CT molecular complexity index is 1210. The average molecular weight is 431 g/mol. The highest BCUT2D eigenvalue weighted by Crippen LogP contribution is 2.61. The molecule has 4 aliphatic rings. The van der Waals surface area contributed by atoms with Crippen molar-refractivity contribution in [2.45, 2.75) is 38.3 Å². The van der Waals surface area contributed by atoms with E-state index in [2.05, 4.69) is 10.2 Å². The van der Waals surface area contributed by atoms with Crippen molar-refractivity contribution in [3.63, 3.8) is 0 Å². The summed E-state index contributed by atoms with van der Waals surface area (Å²) in [6.45, 7) is 4.66. The quantitative estimate of drug-likeness (QED) is 0.740. The smallest absolute Gasteiger partial charge is 0.250 e. The number of anilines is 2. The van der Waals surface area contributed by atoms with E-state index < -0.39 is 17.4 Å². The summed E-state index contributed by atoms with van der Waals surface area (Å²) < 4.78 is 5.44. The second-order valence-corrected chi connectivity index (χ2v) is 9.32. The number of nitrogens with zero attached hydrogens (tertiary/aromatic N) is 2. The lowest BCUT2D eigenvalue weighted by molar-refractivity contribution is -0.135. The van der Waals surface area contributed by atoms with Gasteiger partial charge in [-0.1, -0.05) is 6.07 Å². The number of fused-ring (bicyclic) bond motifs is 7. The SMILES string of the molecule is COc1ccc2c(c1)C1(C(=O)N2)C2C(=O)N(c3ccc(C)c(C)c3)C(=O)C2C2CCCN21. The number of aryl methyl sites for hydroxylation is 2. The third-order valence-electron chi connectivity index (χ3n) is 7.95. The molecule has 4 atom stereocenters. The van der Waals surface area contributed by atoms with Gasteiger partial charge in [0.2, 0.25) is 17.7 Å². The van der Waals surface area contributed by atoms with Crippen molar-refractivity contribution in [1.29, 1.82) is 0 Å². The van der Waals surface area contributed by atoms with Crippen molar-refractivity contribution in [1.82, 2.24) is 4.90 Å². The van der Waals surface area contributed by atoms with E-state index in [0.29, 0.717) is 23.7 Å². The molecule has 0 aromatic heterocycles. The minimum Gasteiger partial charge on any atom is -0.497 e. The molecule has 1 N–H and O–H groups in total. The van der Waals surface area contributed by atoms with Crippen LogP contribution in [0, 0.1) is 25.7 Å². The van der Waals surface area contributed by atoms with E-state index in [9.17, 15) is 14.4 Å². The molecule has 164 valence electrons. The van der Waals surface area contributed by atoms with Gasteiger partial charge in [-0.3, -0.25) is 19.3 Å². The fourth-order valence-corrected chi connectivity index (χ4v) is 6.43. The largest absolute Gasteiger partial charge is 0.497 e. The van der Waals surface area contributed by atoms with Gasteiger partial charge in [0.25, 0.3) is 0 Å². The zero-order valence-corrected chi connectivity index (χ0v) is 18.3. The zero-order valence-electron chi connectivity index (χ0n) is 18.3. The van der Waals surface area contributed by atoms with Crippen LogP contribution < -0.4 is 15.0 Å². The minimum atomic E-state index is -1.18. The zero-order chi connectivity index (χ0) is 22.4. The molecule has 4 aliphatic heterocycles. The molecular weight excluding hydrogens is 406 g/mol. The highest BCUT2D eigenvalue weighted by molar-refractivity contribution is 6.25. The van der Waals surface area contributed by atoms with Crippen LogP contribution in [0.1, 0.15) is 29.5 Å². The van der Waals surface area contributed by atoms with E-state index >= 15 is 0 Å². The Morgan fingerprint density at radius 3 is 2.59 bits per heavy atom. The van der Waals surface area contributed by atoms with Gasteiger partial charge in [-0.2, -0.15) is 0 Å². The summed E-state index contributed by atoms with van der Waals surface area (Å²) >= 11 is 0. The Labute approximate surface area is 186 Å². The molecule has 3 fully saturated rings. The summed E-state index contributed by atoms with van der Waals surface area (Å²) in [5.74, 6) is -1.36. The molecule has 7 heteroatoms. The van der Waals surface area contributed by atoms with E-state index in [-0.39, 0.29) is 23.8 Å². The van der Waals surface area contributed by atoms with Crippen LogP contribution in [0.2, 0.25) is 0 Å². The first-order valence-corrected chi connectivity index (χ1v) is 11.1. The third-order valence-corrected chi connectivity index (χ3v) is 7.95. The third kappa shape index (κ3) is 2.17. The number of rotatable bonds is 2. The molecule has 2 aromatic rings. The number of methoxy groups -OCH3 is 1. The topological polar surface area (TPSA) is 79.0 Å². The number of ether oxygens (including phenoxy) is 1. The van der Waals surface area contributed by atoms with Crippen LogP contribution in [-0.4, -0.2) is 42.3 Å². The lowest BCUT2D eigenvalue weighted by Gasteiger charge is -2.36. The molecule has 0 aliphatic carbocycles. The number of carbonyl (C=O) groups is 3. The molecule has 1 spiro atoms. The predicted octanol–water partition coefficient (Wildman–Crippen LogP) is 2.74. The second kappa shape index (κ2) is 6.42. The van der Waals surface area contributed by atoms with Crippen LogP contribution in [0.4, 0.5) is 11.4 Å². The van der Waals surface area contributed by atoms with Crippen molar-refractivity contribution in [3.05, 3.63) is 53.1 Å². The maximum atomic E-state index is 14.0. The Morgan fingerprint density at radius 2 is 1.84 bits per heavy atom. The van der Waals surface area contributed by atoms with Crippen LogP contribution in [0.15, 0.2) is 36.4 Å². The molecule has 0 saturated carbocycles. The van der Waals surface area contributed by atoms with Gasteiger partial charge in [-0.25, -0.2) is 4.90 Å². The fourth-order valence-electron chi connectivity index (χ4n) is 6.43. The monoisotopic (exact) mass is 431 g/mol. The van der Waals surface area contributed by atoms with Gasteiger partial charge in [0.1, 0.15) is 11.3 Å². The highest BCUT2D eigenvalue weighted by atomic mass is 16.5. The summed E-state index contributed by atoms with van der Waals surface area (Å²) in [6.07, 6.45) is 1.70. The van der Waals surface area contributed by atoms with E-state index in [4.69, 9.17) is 4.74 Å². The minimum absolute atomic E-state index is 0.129. The van der Waals surface area contributed by atoms with Gasteiger partial charge in [0, 0.05) is 17.3 Å². The van der Waals surface area contributed by atoms with Crippen molar-refractivity contribution >= 4 is 29.1 Å². The van der Waals surface area contributed by atoms with Gasteiger partial charge in [-0.05, 0) is 74.7 Å². The molecule has 3 saturated heterocycles. The number of nitrogens with one attached hydrogen (secondary N) is 1. The van der Waals surface area contributed by atoms with Crippen molar-refractivity contribution in [2.75, 3.05) is 23.9 Å². The van der Waals surface area contributed by atoms with Gasteiger partial charge >= 0.3 is 0 Å². The van der Waals surface area contributed by atoms with Gasteiger partial charge < -0.3 is 10.1 Å². The second-order valence-electron chi connectivity index (χ2n) is 9.32. The van der Waals surface area contributed by atoms with Crippen LogP contribution >= 0.6 is 0 Å².